The van der Waals surface area contributed by atoms with E-state index in [-0.39, 0.29) is 51.4 Å². The molecule has 1 aromatic heterocycles. The summed E-state index contributed by atoms with van der Waals surface area (Å²) < 4.78 is 3.76. The van der Waals surface area contributed by atoms with Gasteiger partial charge in [-0.3, -0.25) is 0 Å². The second-order valence-electron chi connectivity index (χ2n) is 0.688. The van der Waals surface area contributed by atoms with Crippen molar-refractivity contribution in [2.75, 3.05) is 0 Å². The zero-order valence-corrected chi connectivity index (χ0v) is 7.53. The zero-order chi connectivity index (χ0) is 3.54. The first-order valence-corrected chi connectivity index (χ1v) is 2.18. The van der Waals surface area contributed by atoms with Gasteiger partial charge in [0.2, 0.25) is 0 Å². The zero-order valence-electron chi connectivity index (χ0n) is 3.59. The molecule has 6 heavy (non-hydrogen) atoms. The number of hydrogen-bond acceptors (Lipinski definition) is 2. The minimum Gasteiger partial charge on any atom is -0.201 e. The van der Waals surface area contributed by atoms with E-state index in [1.807, 2.05) is 11.4 Å². The summed E-state index contributed by atoms with van der Waals surface area (Å²) in [5, 5.41) is 1.93. The second-order valence-corrected chi connectivity index (χ2v) is 1.38. The van der Waals surface area contributed by atoms with E-state index in [2.05, 4.69) is 4.37 Å². The van der Waals surface area contributed by atoms with Crippen LogP contribution in [-0.2, 0) is 0 Å². The van der Waals surface area contributed by atoms with Crippen molar-refractivity contribution in [3.05, 3.63) is 17.6 Å². The average molecular weight is 124 g/mol. The van der Waals surface area contributed by atoms with E-state index >= 15 is 0 Å². The van der Waals surface area contributed by atoms with Gasteiger partial charge in [0.25, 0.3) is 0 Å². The fourth-order valence-electron chi connectivity index (χ4n) is 0.176. The van der Waals surface area contributed by atoms with Crippen LogP contribution in [0.5, 0.6) is 0 Å². The first-order chi connectivity index (χ1) is 2.50. The van der Waals surface area contributed by atoms with Crippen molar-refractivity contribution in [1.29, 1.82) is 0 Å². The van der Waals surface area contributed by atoms with Crippen molar-refractivity contribution in [2.24, 2.45) is 0 Å². The predicted octanol–water partition coefficient (Wildman–Crippen LogP) is 0.762. The molecule has 0 aliphatic carbocycles. The van der Waals surface area contributed by atoms with Crippen LogP contribution in [0.4, 0.5) is 0 Å². The van der Waals surface area contributed by atoms with Gasteiger partial charge in [0.05, 0.1) is 0 Å². The maximum absolute atomic E-state index is 3.76. The molecule has 0 saturated carbocycles. The maximum Gasteiger partial charge on any atom is 0.0406 e. The van der Waals surface area contributed by atoms with Gasteiger partial charge < -0.3 is 0 Å². The molecule has 0 amide bonds. The molecule has 1 aromatic rings. The summed E-state index contributed by atoms with van der Waals surface area (Å²) in [6, 6.07) is 1.91. The van der Waals surface area contributed by atoms with Crippen LogP contribution in [0.1, 0.15) is 0 Å². The van der Waals surface area contributed by atoms with Gasteiger partial charge >= 0.3 is 0 Å². The third-order valence-electron chi connectivity index (χ3n) is 0.347. The van der Waals surface area contributed by atoms with Gasteiger partial charge in [0, 0.05) is 63.0 Å². The average Bonchev–Trinajstić information content (AvgIpc) is 1.76. The Hall–Kier alpha value is 1.27. The van der Waals surface area contributed by atoms with Crippen LogP contribution in [0.15, 0.2) is 17.6 Å². The Labute approximate surface area is 83.4 Å². The molecule has 27 valence electrons. The number of hydrogen-bond donors (Lipinski definition) is 0. The molecule has 0 saturated heterocycles. The third kappa shape index (κ3) is 2.44. The van der Waals surface area contributed by atoms with Crippen LogP contribution < -0.4 is 0 Å². The van der Waals surface area contributed by atoms with E-state index < -0.39 is 0 Å². The predicted molar refractivity (Wildman–Crippen MR) is 27.9 cm³/mol. The molecule has 1 heterocycles. The van der Waals surface area contributed by atoms with E-state index in [4.69, 9.17) is 0 Å². The molecule has 1 rings (SSSR count). The number of aromatic nitrogens is 1. The summed E-state index contributed by atoms with van der Waals surface area (Å²) in [5.74, 6) is 0. The van der Waals surface area contributed by atoms with E-state index in [1.54, 1.807) is 6.20 Å². The molecule has 0 bridgehead atoms. The summed E-state index contributed by atoms with van der Waals surface area (Å²) in [5.41, 5.74) is 0. The molecule has 1 radical (unpaired) electrons. The monoisotopic (exact) mass is 124 g/mol. The second kappa shape index (κ2) is 4.43. The normalized spacial score (nSPS) is 6.67. The van der Waals surface area contributed by atoms with Gasteiger partial charge in [-0.05, 0) is 17.6 Å². The van der Waals surface area contributed by atoms with Crippen LogP contribution >= 0.6 is 11.5 Å². The quantitative estimate of drug-likeness (QED) is 0.465. The summed E-state index contributed by atoms with van der Waals surface area (Å²) in [6.07, 6.45) is 1.77. The fraction of sp³-hybridized carbons (Fsp3) is 0. The Morgan fingerprint density at radius 3 is 2.50 bits per heavy atom. The first kappa shape index (κ1) is 7.27. The van der Waals surface area contributed by atoms with Crippen LogP contribution in [0.3, 0.4) is 0 Å². The molecule has 0 fully saturated rings. The molecule has 0 unspecified atom stereocenters. The van der Waals surface area contributed by atoms with Gasteiger partial charge in [-0.2, -0.15) is 0 Å². The topological polar surface area (TPSA) is 12.9 Å². The first-order valence-electron chi connectivity index (χ1n) is 1.34. The van der Waals surface area contributed by atoms with Crippen molar-refractivity contribution in [2.45, 2.75) is 0 Å². The summed E-state index contributed by atoms with van der Waals surface area (Å²) >= 11 is 1.46. The van der Waals surface area contributed by atoms with Crippen LogP contribution in [0, 0.1) is 0 Å². The molecule has 0 N–H and O–H groups in total. The van der Waals surface area contributed by atoms with Crippen LogP contribution in [0.2, 0.25) is 0 Å². The standard InChI is InChI=1S/C3H3NS.K/c1-2-4-5-3-1;/h1-3H;. The SMILES string of the molecule is [K].c1cnsc1. The van der Waals surface area contributed by atoms with Crippen molar-refractivity contribution in [3.8, 4) is 0 Å². The minimum atomic E-state index is 0. The molecule has 1 nitrogen and oxygen atoms in total. The molecule has 0 spiro atoms. The fourth-order valence-corrected chi connectivity index (χ4v) is 0.527. The summed E-state index contributed by atoms with van der Waals surface area (Å²) in [6.45, 7) is 0. The molecule has 0 atom stereocenters. The largest absolute Gasteiger partial charge is 0.201 e. The number of nitrogens with zero attached hydrogens (tertiary/aromatic N) is 1. The third-order valence-corrected chi connectivity index (χ3v) is 0.869. The van der Waals surface area contributed by atoms with Gasteiger partial charge in [0.1, 0.15) is 0 Å². The van der Waals surface area contributed by atoms with Crippen molar-refractivity contribution in [1.82, 2.24) is 4.37 Å². The molecule has 0 aromatic carbocycles. The van der Waals surface area contributed by atoms with Gasteiger partial charge in [-0.15, -0.1) is 0 Å². The van der Waals surface area contributed by atoms with Crippen molar-refractivity contribution >= 4 is 62.9 Å². The Morgan fingerprint density at radius 2 is 2.33 bits per heavy atom. The smallest absolute Gasteiger partial charge is 0.0406 e. The molecule has 0 aliphatic rings. The van der Waals surface area contributed by atoms with Gasteiger partial charge in [-0.25, -0.2) is 4.37 Å². The van der Waals surface area contributed by atoms with Gasteiger partial charge in [0.15, 0.2) is 0 Å². The molecule has 0 aliphatic heterocycles. The maximum atomic E-state index is 3.76. The minimum absolute atomic E-state index is 0. The Morgan fingerprint density at radius 1 is 1.50 bits per heavy atom. The Balaban J connectivity index is 0.000000250. The van der Waals surface area contributed by atoms with Crippen molar-refractivity contribution < 1.29 is 0 Å². The summed E-state index contributed by atoms with van der Waals surface area (Å²) in [4.78, 5) is 0. The Kier molecular flexibility index (Phi) is 5.36. The summed E-state index contributed by atoms with van der Waals surface area (Å²) in [7, 11) is 0. The van der Waals surface area contributed by atoms with E-state index in [0.29, 0.717) is 0 Å². The van der Waals surface area contributed by atoms with Gasteiger partial charge in [-0.1, -0.05) is 0 Å². The van der Waals surface area contributed by atoms with Crippen LogP contribution in [0.25, 0.3) is 0 Å². The van der Waals surface area contributed by atoms with E-state index in [0.717, 1.165) is 0 Å². The van der Waals surface area contributed by atoms with Crippen LogP contribution in [-0.4, -0.2) is 55.8 Å². The molecule has 3 heteroatoms. The van der Waals surface area contributed by atoms with E-state index in [1.165, 1.54) is 11.5 Å². The van der Waals surface area contributed by atoms with Crippen molar-refractivity contribution in [3.63, 3.8) is 0 Å². The molecular weight excluding hydrogens is 121 g/mol. The Bertz CT molecular complexity index is 67.3. The molecular formula is C3H3KNS. The van der Waals surface area contributed by atoms with E-state index in [9.17, 15) is 0 Å². The number of rotatable bonds is 0.